The summed E-state index contributed by atoms with van der Waals surface area (Å²) in [7, 11) is 0. The average Bonchev–Trinajstić information content (AvgIpc) is 2.53. The van der Waals surface area contributed by atoms with E-state index in [-0.39, 0.29) is 5.91 Å². The first-order chi connectivity index (χ1) is 10.6. The molecule has 1 saturated heterocycles. The normalized spacial score (nSPS) is 16.6. The molecule has 1 amide bonds. The summed E-state index contributed by atoms with van der Waals surface area (Å²) in [6.07, 6.45) is 3.65. The molecule has 1 heterocycles. The van der Waals surface area contributed by atoms with Gasteiger partial charge in [0.25, 0.3) is 0 Å². The van der Waals surface area contributed by atoms with E-state index in [1.807, 2.05) is 24.3 Å². The number of hydrogen-bond donors (Lipinski definition) is 1. The van der Waals surface area contributed by atoms with Gasteiger partial charge in [-0.3, -0.25) is 4.79 Å². The Hall–Kier alpha value is -0.710. The molecule has 0 aliphatic carbocycles. The number of thioether (sulfide) groups is 1. The maximum absolute atomic E-state index is 11.8. The van der Waals surface area contributed by atoms with Gasteiger partial charge in [-0.05, 0) is 69.1 Å². The van der Waals surface area contributed by atoms with Gasteiger partial charge in [-0.15, -0.1) is 11.8 Å². The molecule has 3 nitrogen and oxygen atoms in total. The SMILES string of the molecule is CC1CCN(CCCNC(=O)CSc2ccc(Cl)cc2)CC1. The first kappa shape index (κ1) is 17.6. The van der Waals surface area contributed by atoms with Crippen molar-refractivity contribution in [1.29, 1.82) is 0 Å². The zero-order valence-electron chi connectivity index (χ0n) is 13.2. The predicted octanol–water partition coefficient (Wildman–Crippen LogP) is 3.67. The van der Waals surface area contributed by atoms with Gasteiger partial charge in [0.05, 0.1) is 5.75 Å². The third-order valence-electron chi connectivity index (χ3n) is 4.03. The second-order valence-electron chi connectivity index (χ2n) is 5.97. The lowest BCUT2D eigenvalue weighted by Gasteiger charge is -2.30. The van der Waals surface area contributed by atoms with Gasteiger partial charge in [0.15, 0.2) is 0 Å². The molecule has 122 valence electrons. The van der Waals surface area contributed by atoms with Crippen LogP contribution in [0.3, 0.4) is 0 Å². The largest absolute Gasteiger partial charge is 0.355 e. The van der Waals surface area contributed by atoms with E-state index in [4.69, 9.17) is 11.6 Å². The second-order valence-corrected chi connectivity index (χ2v) is 7.46. The van der Waals surface area contributed by atoms with E-state index < -0.39 is 0 Å². The van der Waals surface area contributed by atoms with Crippen LogP contribution in [0.15, 0.2) is 29.2 Å². The maximum Gasteiger partial charge on any atom is 0.230 e. The molecule has 0 bridgehead atoms. The lowest BCUT2D eigenvalue weighted by atomic mass is 9.99. The Bertz CT molecular complexity index is 458. The quantitative estimate of drug-likeness (QED) is 0.607. The van der Waals surface area contributed by atoms with E-state index in [2.05, 4.69) is 17.1 Å². The zero-order chi connectivity index (χ0) is 15.8. The smallest absolute Gasteiger partial charge is 0.230 e. The number of piperidine rings is 1. The fourth-order valence-electron chi connectivity index (χ4n) is 2.55. The highest BCUT2D eigenvalue weighted by Crippen LogP contribution is 2.20. The third kappa shape index (κ3) is 6.59. The minimum Gasteiger partial charge on any atom is -0.355 e. The van der Waals surface area contributed by atoms with Crippen LogP contribution >= 0.6 is 23.4 Å². The molecule has 5 heteroatoms. The third-order valence-corrected chi connectivity index (χ3v) is 5.30. The number of benzene rings is 1. The molecular formula is C17H25ClN2OS. The molecule has 1 N–H and O–H groups in total. The molecule has 1 fully saturated rings. The van der Waals surface area contributed by atoms with Gasteiger partial charge in [-0.25, -0.2) is 0 Å². The van der Waals surface area contributed by atoms with Gasteiger partial charge in [-0.1, -0.05) is 18.5 Å². The summed E-state index contributed by atoms with van der Waals surface area (Å²) in [6.45, 7) is 6.61. The highest BCUT2D eigenvalue weighted by Gasteiger charge is 2.14. The van der Waals surface area contributed by atoms with Crippen LogP contribution in [0, 0.1) is 5.92 Å². The van der Waals surface area contributed by atoms with Crippen molar-refractivity contribution in [3.8, 4) is 0 Å². The predicted molar refractivity (Wildman–Crippen MR) is 94.6 cm³/mol. The molecule has 0 spiro atoms. The second kappa shape index (κ2) is 9.43. The van der Waals surface area contributed by atoms with Gasteiger partial charge < -0.3 is 10.2 Å². The van der Waals surface area contributed by atoms with Gasteiger partial charge >= 0.3 is 0 Å². The summed E-state index contributed by atoms with van der Waals surface area (Å²) >= 11 is 7.38. The van der Waals surface area contributed by atoms with Crippen LogP contribution < -0.4 is 5.32 Å². The molecule has 0 atom stereocenters. The fraction of sp³-hybridized carbons (Fsp3) is 0.588. The highest BCUT2D eigenvalue weighted by molar-refractivity contribution is 8.00. The molecule has 1 aromatic rings. The molecule has 0 saturated carbocycles. The van der Waals surface area contributed by atoms with Gasteiger partial charge in [0.1, 0.15) is 0 Å². The van der Waals surface area contributed by atoms with Gasteiger partial charge in [-0.2, -0.15) is 0 Å². The minimum absolute atomic E-state index is 0.104. The number of nitrogens with zero attached hydrogens (tertiary/aromatic N) is 1. The van der Waals surface area contributed by atoms with Gasteiger partial charge in [0, 0.05) is 16.5 Å². The Labute approximate surface area is 142 Å². The standard InChI is InChI=1S/C17H25ClN2OS/c1-14-7-11-20(12-8-14)10-2-9-19-17(21)13-22-16-5-3-15(18)4-6-16/h3-6,14H,2,7-13H2,1H3,(H,19,21). The monoisotopic (exact) mass is 340 g/mol. The van der Waals surface area contributed by atoms with E-state index in [9.17, 15) is 4.79 Å². The molecule has 0 unspecified atom stereocenters. The van der Waals surface area contributed by atoms with Crippen molar-refractivity contribution in [3.05, 3.63) is 29.3 Å². The molecular weight excluding hydrogens is 316 g/mol. The Morgan fingerprint density at radius 3 is 2.68 bits per heavy atom. The van der Waals surface area contributed by atoms with Crippen molar-refractivity contribution in [1.82, 2.24) is 10.2 Å². The summed E-state index contributed by atoms with van der Waals surface area (Å²) in [5, 5.41) is 3.72. The van der Waals surface area contributed by atoms with Crippen molar-refractivity contribution in [2.75, 3.05) is 31.9 Å². The van der Waals surface area contributed by atoms with E-state index >= 15 is 0 Å². The summed E-state index contributed by atoms with van der Waals surface area (Å²) in [4.78, 5) is 15.4. The number of likely N-dealkylation sites (tertiary alicyclic amines) is 1. The topological polar surface area (TPSA) is 32.3 Å². The molecule has 22 heavy (non-hydrogen) atoms. The van der Waals surface area contributed by atoms with E-state index in [1.165, 1.54) is 25.9 Å². The van der Waals surface area contributed by atoms with Crippen LogP contribution in [-0.2, 0) is 4.79 Å². The Balaban J connectivity index is 1.53. The van der Waals surface area contributed by atoms with Crippen LogP contribution in [0.5, 0.6) is 0 Å². The summed E-state index contributed by atoms with van der Waals surface area (Å²) < 4.78 is 0. The lowest BCUT2D eigenvalue weighted by molar-refractivity contribution is -0.118. The van der Waals surface area contributed by atoms with Crippen molar-refractivity contribution in [2.45, 2.75) is 31.1 Å². The molecule has 1 aromatic carbocycles. The first-order valence-corrected chi connectivity index (χ1v) is 9.37. The molecule has 1 aliphatic heterocycles. The number of hydrogen-bond acceptors (Lipinski definition) is 3. The number of carbonyl (C=O) groups excluding carboxylic acids is 1. The number of rotatable bonds is 7. The Kier molecular flexibility index (Phi) is 7.56. The molecule has 0 aromatic heterocycles. The van der Waals surface area contributed by atoms with E-state index in [1.54, 1.807) is 11.8 Å². The van der Waals surface area contributed by atoms with Crippen molar-refractivity contribution in [3.63, 3.8) is 0 Å². The fourth-order valence-corrected chi connectivity index (χ4v) is 3.40. The van der Waals surface area contributed by atoms with Crippen LogP contribution in [0.4, 0.5) is 0 Å². The Morgan fingerprint density at radius 2 is 2.00 bits per heavy atom. The average molecular weight is 341 g/mol. The minimum atomic E-state index is 0.104. The summed E-state index contributed by atoms with van der Waals surface area (Å²) in [6, 6.07) is 7.58. The number of amides is 1. The molecule has 2 rings (SSSR count). The summed E-state index contributed by atoms with van der Waals surface area (Å²) in [5.41, 5.74) is 0. The Morgan fingerprint density at radius 1 is 1.32 bits per heavy atom. The summed E-state index contributed by atoms with van der Waals surface area (Å²) in [5.74, 6) is 1.44. The van der Waals surface area contributed by atoms with Gasteiger partial charge in [0.2, 0.25) is 5.91 Å². The van der Waals surface area contributed by atoms with E-state index in [0.717, 1.165) is 35.3 Å². The molecule has 1 aliphatic rings. The van der Waals surface area contributed by atoms with Crippen molar-refractivity contribution in [2.24, 2.45) is 5.92 Å². The molecule has 0 radical (unpaired) electrons. The maximum atomic E-state index is 11.8. The number of nitrogens with one attached hydrogen (secondary N) is 1. The van der Waals surface area contributed by atoms with Crippen molar-refractivity contribution >= 4 is 29.3 Å². The van der Waals surface area contributed by atoms with Crippen LogP contribution in [0.2, 0.25) is 5.02 Å². The highest BCUT2D eigenvalue weighted by atomic mass is 35.5. The lowest BCUT2D eigenvalue weighted by Crippen LogP contribution is -2.35. The van der Waals surface area contributed by atoms with Crippen LogP contribution in [0.1, 0.15) is 26.2 Å². The zero-order valence-corrected chi connectivity index (χ0v) is 14.8. The van der Waals surface area contributed by atoms with Crippen molar-refractivity contribution < 1.29 is 4.79 Å². The first-order valence-electron chi connectivity index (χ1n) is 8.01. The van der Waals surface area contributed by atoms with Crippen LogP contribution in [0.25, 0.3) is 0 Å². The number of carbonyl (C=O) groups is 1. The van der Waals surface area contributed by atoms with Crippen LogP contribution in [-0.4, -0.2) is 42.7 Å². The number of halogens is 1. The van der Waals surface area contributed by atoms with E-state index in [0.29, 0.717) is 5.75 Å².